The molecule has 1 heterocycles. The average molecular weight is 194 g/mol. The summed E-state index contributed by atoms with van der Waals surface area (Å²) in [6, 6.07) is 0. The molecule has 1 fully saturated rings. The van der Waals surface area contributed by atoms with Crippen molar-refractivity contribution in [3.63, 3.8) is 0 Å². The second kappa shape index (κ2) is 4.60. The van der Waals surface area contributed by atoms with Crippen LogP contribution in [-0.4, -0.2) is 4.98 Å². The van der Waals surface area contributed by atoms with Crippen LogP contribution in [0.25, 0.3) is 0 Å². The van der Waals surface area contributed by atoms with E-state index < -0.39 is 0 Å². The number of hydrogen-bond acceptors (Lipinski definition) is 3. The number of hydrogen-bond donors (Lipinski definition) is 1. The summed E-state index contributed by atoms with van der Waals surface area (Å²) in [6.45, 7) is 0.480. The van der Waals surface area contributed by atoms with Crippen LogP contribution in [0.3, 0.4) is 0 Å². The van der Waals surface area contributed by atoms with E-state index in [1.54, 1.807) is 6.26 Å². The zero-order chi connectivity index (χ0) is 9.80. The summed E-state index contributed by atoms with van der Waals surface area (Å²) in [5, 5.41) is 0. The van der Waals surface area contributed by atoms with Crippen molar-refractivity contribution in [2.24, 2.45) is 11.7 Å². The topological polar surface area (TPSA) is 52.0 Å². The van der Waals surface area contributed by atoms with Crippen molar-refractivity contribution >= 4 is 0 Å². The first-order valence-corrected chi connectivity index (χ1v) is 5.52. The summed E-state index contributed by atoms with van der Waals surface area (Å²) in [5.74, 6) is 1.66. The van der Waals surface area contributed by atoms with Crippen LogP contribution >= 0.6 is 0 Å². The number of rotatable bonds is 3. The number of aromatic nitrogens is 1. The summed E-state index contributed by atoms with van der Waals surface area (Å²) in [4.78, 5) is 4.33. The number of nitrogens with two attached hydrogens (primary N) is 1. The van der Waals surface area contributed by atoms with E-state index in [0.717, 1.165) is 23.9 Å². The molecule has 0 saturated heterocycles. The first kappa shape index (κ1) is 9.71. The summed E-state index contributed by atoms with van der Waals surface area (Å²) >= 11 is 0. The molecule has 78 valence electrons. The minimum absolute atomic E-state index is 0.480. The van der Waals surface area contributed by atoms with E-state index >= 15 is 0 Å². The highest BCUT2D eigenvalue weighted by Crippen LogP contribution is 2.26. The van der Waals surface area contributed by atoms with E-state index in [9.17, 15) is 0 Å². The molecule has 0 amide bonds. The predicted molar refractivity (Wildman–Crippen MR) is 54.7 cm³/mol. The lowest BCUT2D eigenvalue weighted by Crippen LogP contribution is -2.09. The maximum Gasteiger partial charge on any atom is 0.194 e. The molecule has 3 heteroatoms. The van der Waals surface area contributed by atoms with Gasteiger partial charge in [-0.15, -0.1) is 0 Å². The van der Waals surface area contributed by atoms with Crippen LogP contribution in [0.1, 0.15) is 43.7 Å². The van der Waals surface area contributed by atoms with Gasteiger partial charge in [0.2, 0.25) is 0 Å². The molecule has 0 unspecified atom stereocenters. The van der Waals surface area contributed by atoms with Gasteiger partial charge in [0.1, 0.15) is 6.26 Å². The molecule has 0 radical (unpaired) electrons. The minimum atomic E-state index is 0.480. The van der Waals surface area contributed by atoms with Crippen LogP contribution in [0.4, 0.5) is 0 Å². The third kappa shape index (κ3) is 2.35. The van der Waals surface area contributed by atoms with Crippen molar-refractivity contribution in [3.05, 3.63) is 17.8 Å². The van der Waals surface area contributed by atoms with E-state index in [2.05, 4.69) is 4.98 Å². The molecule has 1 aromatic rings. The second-order valence-corrected chi connectivity index (χ2v) is 4.14. The van der Waals surface area contributed by atoms with Gasteiger partial charge < -0.3 is 10.2 Å². The molecule has 0 aromatic carbocycles. The van der Waals surface area contributed by atoms with E-state index in [0.29, 0.717) is 6.54 Å². The summed E-state index contributed by atoms with van der Waals surface area (Å²) in [6.07, 6.45) is 9.49. The lowest BCUT2D eigenvalue weighted by atomic mass is 9.87. The van der Waals surface area contributed by atoms with Crippen molar-refractivity contribution in [2.45, 2.75) is 45.1 Å². The molecule has 3 nitrogen and oxygen atoms in total. The Balaban J connectivity index is 1.89. The first-order valence-electron chi connectivity index (χ1n) is 5.52. The Morgan fingerprint density at radius 2 is 2.14 bits per heavy atom. The van der Waals surface area contributed by atoms with Crippen molar-refractivity contribution in [1.82, 2.24) is 4.98 Å². The zero-order valence-electron chi connectivity index (χ0n) is 8.54. The van der Waals surface area contributed by atoms with E-state index in [-0.39, 0.29) is 0 Å². The fourth-order valence-electron chi connectivity index (χ4n) is 2.17. The van der Waals surface area contributed by atoms with Gasteiger partial charge in [0.05, 0.1) is 5.69 Å². The summed E-state index contributed by atoms with van der Waals surface area (Å²) in [7, 11) is 0. The molecule has 1 saturated carbocycles. The van der Waals surface area contributed by atoms with Gasteiger partial charge in [-0.2, -0.15) is 0 Å². The summed E-state index contributed by atoms with van der Waals surface area (Å²) < 4.78 is 5.37. The van der Waals surface area contributed by atoms with Gasteiger partial charge in [0.25, 0.3) is 0 Å². The lowest BCUT2D eigenvalue weighted by molar-refractivity contribution is 0.329. The van der Waals surface area contributed by atoms with E-state index in [1.807, 2.05) is 0 Å². The molecular formula is C11H18N2O. The highest BCUT2D eigenvalue weighted by atomic mass is 16.3. The molecule has 0 aliphatic heterocycles. The largest absolute Gasteiger partial charge is 0.449 e. The lowest BCUT2D eigenvalue weighted by Gasteiger charge is -2.19. The standard InChI is InChI=1S/C11H18N2O/c12-7-10-8-14-11(13-10)6-9-4-2-1-3-5-9/h8-9H,1-7,12H2. The molecule has 0 bridgehead atoms. The maximum atomic E-state index is 5.47. The smallest absolute Gasteiger partial charge is 0.194 e. The first-order chi connectivity index (χ1) is 6.88. The van der Waals surface area contributed by atoms with E-state index in [4.69, 9.17) is 10.2 Å². The van der Waals surface area contributed by atoms with E-state index in [1.165, 1.54) is 32.1 Å². The Kier molecular flexibility index (Phi) is 3.19. The highest BCUT2D eigenvalue weighted by Gasteiger charge is 2.16. The Morgan fingerprint density at radius 3 is 2.79 bits per heavy atom. The maximum absolute atomic E-state index is 5.47. The Morgan fingerprint density at radius 1 is 1.36 bits per heavy atom. The molecule has 0 spiro atoms. The predicted octanol–water partition coefficient (Wildman–Crippen LogP) is 2.26. The Bertz CT molecular complexity index is 277. The van der Waals surface area contributed by atoms with Crippen molar-refractivity contribution in [3.8, 4) is 0 Å². The van der Waals surface area contributed by atoms with Crippen LogP contribution < -0.4 is 5.73 Å². The molecule has 2 N–H and O–H groups in total. The van der Waals surface area contributed by atoms with Gasteiger partial charge in [-0.3, -0.25) is 0 Å². The summed E-state index contributed by atoms with van der Waals surface area (Å²) in [5.41, 5.74) is 6.34. The van der Waals surface area contributed by atoms with Crippen LogP contribution in [-0.2, 0) is 13.0 Å². The molecule has 14 heavy (non-hydrogen) atoms. The van der Waals surface area contributed by atoms with Gasteiger partial charge in [-0.05, 0) is 18.8 Å². The molecule has 2 rings (SSSR count). The Hall–Kier alpha value is -0.830. The monoisotopic (exact) mass is 194 g/mol. The SMILES string of the molecule is NCc1coc(CC2CCCCC2)n1. The van der Waals surface area contributed by atoms with Gasteiger partial charge in [-0.25, -0.2) is 4.98 Å². The molecule has 0 atom stereocenters. The fraction of sp³-hybridized carbons (Fsp3) is 0.727. The third-order valence-electron chi connectivity index (χ3n) is 3.00. The normalized spacial score (nSPS) is 18.6. The Labute approximate surface area is 84.7 Å². The van der Waals surface area contributed by atoms with Gasteiger partial charge in [0.15, 0.2) is 5.89 Å². The van der Waals surface area contributed by atoms with Crippen LogP contribution in [0.5, 0.6) is 0 Å². The molecule has 1 aliphatic carbocycles. The highest BCUT2D eigenvalue weighted by molar-refractivity contribution is 4.96. The van der Waals surface area contributed by atoms with Crippen LogP contribution in [0.15, 0.2) is 10.7 Å². The molecular weight excluding hydrogens is 176 g/mol. The van der Waals surface area contributed by atoms with Crippen molar-refractivity contribution in [2.75, 3.05) is 0 Å². The van der Waals surface area contributed by atoms with Crippen LogP contribution in [0.2, 0.25) is 0 Å². The second-order valence-electron chi connectivity index (χ2n) is 4.14. The van der Waals surface area contributed by atoms with Crippen molar-refractivity contribution in [1.29, 1.82) is 0 Å². The quantitative estimate of drug-likeness (QED) is 0.803. The van der Waals surface area contributed by atoms with Gasteiger partial charge >= 0.3 is 0 Å². The third-order valence-corrected chi connectivity index (χ3v) is 3.00. The number of oxazole rings is 1. The van der Waals surface area contributed by atoms with Crippen LogP contribution in [0, 0.1) is 5.92 Å². The average Bonchev–Trinajstić information content (AvgIpc) is 2.67. The van der Waals surface area contributed by atoms with Gasteiger partial charge in [0, 0.05) is 13.0 Å². The van der Waals surface area contributed by atoms with Gasteiger partial charge in [-0.1, -0.05) is 19.3 Å². The number of nitrogens with zero attached hydrogens (tertiary/aromatic N) is 1. The zero-order valence-corrected chi connectivity index (χ0v) is 8.54. The molecule has 1 aliphatic rings. The van der Waals surface area contributed by atoms with Crippen molar-refractivity contribution < 1.29 is 4.42 Å². The minimum Gasteiger partial charge on any atom is -0.449 e. The molecule has 1 aromatic heterocycles. The fourth-order valence-corrected chi connectivity index (χ4v) is 2.17.